The van der Waals surface area contributed by atoms with E-state index in [9.17, 15) is 14.0 Å². The number of hydrogen-bond donors (Lipinski definition) is 2. The lowest BCUT2D eigenvalue weighted by Crippen LogP contribution is -2.36. The summed E-state index contributed by atoms with van der Waals surface area (Å²) in [4.78, 5) is 23.2. The molecule has 0 bridgehead atoms. The summed E-state index contributed by atoms with van der Waals surface area (Å²) in [5.74, 6) is -2.61. The predicted molar refractivity (Wildman–Crippen MR) is 71.4 cm³/mol. The zero-order chi connectivity index (χ0) is 14.7. The number of rotatable bonds is 4. The van der Waals surface area contributed by atoms with Gasteiger partial charge in [-0.25, -0.2) is 4.39 Å². The van der Waals surface area contributed by atoms with Crippen LogP contribution in [-0.4, -0.2) is 17.0 Å². The van der Waals surface area contributed by atoms with E-state index in [4.69, 9.17) is 5.11 Å². The van der Waals surface area contributed by atoms with Crippen molar-refractivity contribution in [3.05, 3.63) is 35.6 Å². The number of amides is 1. The Morgan fingerprint density at radius 1 is 1.35 bits per heavy atom. The molecule has 1 aliphatic carbocycles. The molecule has 1 aromatic carbocycles. The average molecular weight is 279 g/mol. The summed E-state index contributed by atoms with van der Waals surface area (Å²) in [6.45, 7) is 1.76. The Hall–Kier alpha value is -1.91. The van der Waals surface area contributed by atoms with Crippen molar-refractivity contribution in [1.82, 2.24) is 5.32 Å². The van der Waals surface area contributed by atoms with Gasteiger partial charge in [-0.1, -0.05) is 18.6 Å². The third kappa shape index (κ3) is 3.15. The Bertz CT molecular complexity index is 518. The first-order valence-electron chi connectivity index (χ1n) is 6.77. The first-order chi connectivity index (χ1) is 9.49. The summed E-state index contributed by atoms with van der Waals surface area (Å²) in [7, 11) is 0. The maximum absolute atomic E-state index is 13.1. The minimum atomic E-state index is -0.916. The van der Waals surface area contributed by atoms with Gasteiger partial charge in [-0.3, -0.25) is 9.59 Å². The molecule has 2 rings (SSSR count). The molecule has 2 N–H and O–H groups in total. The molecular weight excluding hydrogens is 261 g/mol. The van der Waals surface area contributed by atoms with E-state index in [-0.39, 0.29) is 17.8 Å². The van der Waals surface area contributed by atoms with E-state index >= 15 is 0 Å². The maximum Gasteiger partial charge on any atom is 0.307 e. The van der Waals surface area contributed by atoms with Gasteiger partial charge in [0.05, 0.1) is 17.9 Å². The number of carbonyl (C=O) groups is 2. The van der Waals surface area contributed by atoms with E-state index < -0.39 is 17.8 Å². The van der Waals surface area contributed by atoms with Gasteiger partial charge in [0.1, 0.15) is 5.82 Å². The topological polar surface area (TPSA) is 66.4 Å². The van der Waals surface area contributed by atoms with Crippen LogP contribution in [0.5, 0.6) is 0 Å². The van der Waals surface area contributed by atoms with Gasteiger partial charge in [0.15, 0.2) is 0 Å². The lowest BCUT2D eigenvalue weighted by Gasteiger charge is -2.20. The van der Waals surface area contributed by atoms with E-state index in [0.717, 1.165) is 6.42 Å². The standard InChI is InChI=1S/C15H18FNO3/c1-9(10-4-2-5-11(16)8-10)17-14(18)12-6-3-7-13(12)15(19)20/h2,4-5,8-9,12-13H,3,6-7H2,1H3,(H,17,18)(H,19,20)/t9-,12?,13?/m1/s1. The molecule has 1 saturated carbocycles. The molecule has 1 fully saturated rings. The van der Waals surface area contributed by atoms with Gasteiger partial charge < -0.3 is 10.4 Å². The van der Waals surface area contributed by atoms with Crippen molar-refractivity contribution in [2.24, 2.45) is 11.8 Å². The monoisotopic (exact) mass is 279 g/mol. The van der Waals surface area contributed by atoms with Crippen LogP contribution < -0.4 is 5.32 Å². The van der Waals surface area contributed by atoms with Gasteiger partial charge in [0.2, 0.25) is 5.91 Å². The smallest absolute Gasteiger partial charge is 0.307 e. The van der Waals surface area contributed by atoms with Gasteiger partial charge >= 0.3 is 5.97 Å². The largest absolute Gasteiger partial charge is 0.481 e. The molecule has 0 heterocycles. The van der Waals surface area contributed by atoms with E-state index in [1.807, 2.05) is 0 Å². The molecular formula is C15H18FNO3. The summed E-state index contributed by atoms with van der Waals surface area (Å²) in [5, 5.41) is 11.9. The van der Waals surface area contributed by atoms with E-state index in [2.05, 4.69) is 5.32 Å². The number of carboxylic acid groups (broad SMARTS) is 1. The number of benzene rings is 1. The molecule has 1 aliphatic rings. The minimum Gasteiger partial charge on any atom is -0.481 e. The van der Waals surface area contributed by atoms with Gasteiger partial charge in [-0.15, -0.1) is 0 Å². The highest BCUT2D eigenvalue weighted by atomic mass is 19.1. The Morgan fingerprint density at radius 3 is 2.70 bits per heavy atom. The van der Waals surface area contributed by atoms with Gasteiger partial charge in [0.25, 0.3) is 0 Å². The van der Waals surface area contributed by atoms with Crippen molar-refractivity contribution in [2.45, 2.75) is 32.2 Å². The van der Waals surface area contributed by atoms with Crippen LogP contribution in [0, 0.1) is 17.7 Å². The number of nitrogens with one attached hydrogen (secondary N) is 1. The number of aliphatic carboxylic acids is 1. The molecule has 0 aliphatic heterocycles. The molecule has 5 heteroatoms. The fourth-order valence-electron chi connectivity index (χ4n) is 2.75. The van der Waals surface area contributed by atoms with Crippen LogP contribution in [0.4, 0.5) is 4.39 Å². The Balaban J connectivity index is 2.02. The summed E-state index contributed by atoms with van der Waals surface area (Å²) in [6.07, 6.45) is 1.89. The van der Waals surface area contributed by atoms with E-state index in [0.29, 0.717) is 18.4 Å². The fraction of sp³-hybridized carbons (Fsp3) is 0.467. The highest BCUT2D eigenvalue weighted by Gasteiger charge is 2.38. The highest BCUT2D eigenvalue weighted by molar-refractivity contribution is 5.85. The van der Waals surface area contributed by atoms with Crippen LogP contribution in [0.2, 0.25) is 0 Å². The molecule has 4 nitrogen and oxygen atoms in total. The Morgan fingerprint density at radius 2 is 2.05 bits per heavy atom. The fourth-order valence-corrected chi connectivity index (χ4v) is 2.75. The number of halogens is 1. The summed E-state index contributed by atoms with van der Waals surface area (Å²) in [5.41, 5.74) is 0.670. The van der Waals surface area contributed by atoms with Crippen LogP contribution in [0.15, 0.2) is 24.3 Å². The SMILES string of the molecule is C[C@@H](NC(=O)C1CCCC1C(=O)O)c1cccc(F)c1. The molecule has 20 heavy (non-hydrogen) atoms. The van der Waals surface area contributed by atoms with E-state index in [1.54, 1.807) is 19.1 Å². The first-order valence-corrected chi connectivity index (χ1v) is 6.77. The van der Waals surface area contributed by atoms with E-state index in [1.165, 1.54) is 12.1 Å². The van der Waals surface area contributed by atoms with Gasteiger partial charge in [0, 0.05) is 0 Å². The molecule has 0 radical (unpaired) electrons. The molecule has 2 unspecified atom stereocenters. The van der Waals surface area contributed by atoms with Crippen LogP contribution in [-0.2, 0) is 9.59 Å². The van der Waals surface area contributed by atoms with Crippen molar-refractivity contribution in [2.75, 3.05) is 0 Å². The summed E-state index contributed by atoms with van der Waals surface area (Å²) < 4.78 is 13.1. The summed E-state index contributed by atoms with van der Waals surface area (Å²) in [6, 6.07) is 5.69. The van der Waals surface area contributed by atoms with Crippen LogP contribution in [0.1, 0.15) is 37.8 Å². The molecule has 108 valence electrons. The Labute approximate surface area is 117 Å². The van der Waals surface area contributed by atoms with Crippen molar-refractivity contribution >= 4 is 11.9 Å². The zero-order valence-electron chi connectivity index (χ0n) is 11.3. The van der Waals surface area contributed by atoms with Crippen molar-refractivity contribution in [3.63, 3.8) is 0 Å². The second-order valence-electron chi connectivity index (χ2n) is 5.27. The maximum atomic E-state index is 13.1. The predicted octanol–water partition coefficient (Wildman–Crippen LogP) is 2.50. The van der Waals surface area contributed by atoms with Crippen LogP contribution >= 0.6 is 0 Å². The molecule has 0 spiro atoms. The second kappa shape index (κ2) is 6.03. The van der Waals surface area contributed by atoms with Crippen molar-refractivity contribution in [1.29, 1.82) is 0 Å². The van der Waals surface area contributed by atoms with Crippen molar-refractivity contribution < 1.29 is 19.1 Å². The zero-order valence-corrected chi connectivity index (χ0v) is 11.3. The number of carboxylic acids is 1. The number of hydrogen-bond acceptors (Lipinski definition) is 2. The molecule has 0 aromatic heterocycles. The second-order valence-corrected chi connectivity index (χ2v) is 5.27. The minimum absolute atomic E-state index is 0.258. The first kappa shape index (κ1) is 14.5. The Kier molecular flexibility index (Phi) is 4.37. The number of carbonyl (C=O) groups excluding carboxylic acids is 1. The van der Waals surface area contributed by atoms with Crippen LogP contribution in [0.3, 0.4) is 0 Å². The molecule has 3 atom stereocenters. The molecule has 0 saturated heterocycles. The average Bonchev–Trinajstić information content (AvgIpc) is 2.88. The van der Waals surface area contributed by atoms with Crippen molar-refractivity contribution in [3.8, 4) is 0 Å². The van der Waals surface area contributed by atoms with Gasteiger partial charge in [-0.05, 0) is 37.5 Å². The normalized spacial score (nSPS) is 23.3. The molecule has 1 aromatic rings. The molecule has 1 amide bonds. The van der Waals surface area contributed by atoms with Gasteiger partial charge in [-0.2, -0.15) is 0 Å². The summed E-state index contributed by atoms with van der Waals surface area (Å²) >= 11 is 0. The lowest BCUT2D eigenvalue weighted by molar-refractivity contribution is -0.146. The quantitative estimate of drug-likeness (QED) is 0.890. The van der Waals surface area contributed by atoms with Crippen LogP contribution in [0.25, 0.3) is 0 Å². The highest BCUT2D eigenvalue weighted by Crippen LogP contribution is 2.32. The lowest BCUT2D eigenvalue weighted by atomic mass is 9.94. The third-order valence-electron chi connectivity index (χ3n) is 3.88. The third-order valence-corrected chi connectivity index (χ3v) is 3.88.